The summed E-state index contributed by atoms with van der Waals surface area (Å²) in [5, 5.41) is 0. The zero-order chi connectivity index (χ0) is 16.9. The Balaban J connectivity index is 1.68. The van der Waals surface area contributed by atoms with Gasteiger partial charge in [0, 0.05) is 9.79 Å². The predicted molar refractivity (Wildman–Crippen MR) is 110 cm³/mol. The third-order valence-corrected chi connectivity index (χ3v) is 6.42. The van der Waals surface area contributed by atoms with Gasteiger partial charge in [-0.3, -0.25) is 0 Å². The van der Waals surface area contributed by atoms with Gasteiger partial charge in [-0.15, -0.1) is 0 Å². The molecule has 0 atom stereocenters. The minimum Gasteiger partial charge on any atom is -0.0888 e. The molecule has 25 heavy (non-hydrogen) atoms. The average molecular weight is 347 g/mol. The van der Waals surface area contributed by atoms with Gasteiger partial charge in [0.1, 0.15) is 0 Å². The maximum atomic E-state index is 2.46. The fourth-order valence-electron chi connectivity index (χ4n) is 3.93. The molecule has 0 nitrogen and oxygen atoms in total. The quantitative estimate of drug-likeness (QED) is 0.545. The van der Waals surface area contributed by atoms with Crippen LogP contribution in [0, 0.1) is 0 Å². The van der Waals surface area contributed by atoms with Gasteiger partial charge in [0.25, 0.3) is 0 Å². The minimum absolute atomic E-state index is 1.23. The SMILES string of the molecule is C1=C(c2ccccc2Sc2ccccc2C2=CCCCC2)CCCC1. The molecule has 0 spiro atoms. The molecule has 128 valence electrons. The van der Waals surface area contributed by atoms with Crippen LogP contribution in [0.3, 0.4) is 0 Å². The molecule has 2 aliphatic carbocycles. The van der Waals surface area contributed by atoms with E-state index in [1.165, 1.54) is 72.3 Å². The summed E-state index contributed by atoms with van der Waals surface area (Å²) < 4.78 is 0. The Morgan fingerprint density at radius 1 is 0.560 bits per heavy atom. The second kappa shape index (κ2) is 8.10. The Labute approximate surface area is 156 Å². The molecular formula is C24H26S. The van der Waals surface area contributed by atoms with Gasteiger partial charge >= 0.3 is 0 Å². The molecule has 0 aliphatic heterocycles. The molecule has 2 aromatic rings. The smallest absolute Gasteiger partial charge is 0.0197 e. The largest absolute Gasteiger partial charge is 0.0888 e. The average Bonchev–Trinajstić information content (AvgIpc) is 2.70. The van der Waals surface area contributed by atoms with Crippen molar-refractivity contribution in [3.05, 3.63) is 71.8 Å². The summed E-state index contributed by atoms with van der Waals surface area (Å²) in [5.74, 6) is 0. The second-order valence-electron chi connectivity index (χ2n) is 7.04. The highest BCUT2D eigenvalue weighted by molar-refractivity contribution is 7.99. The molecular weight excluding hydrogens is 320 g/mol. The number of allylic oxidation sites excluding steroid dienone is 4. The van der Waals surface area contributed by atoms with Crippen LogP contribution < -0.4 is 0 Å². The van der Waals surface area contributed by atoms with Crippen molar-refractivity contribution in [2.75, 3.05) is 0 Å². The topological polar surface area (TPSA) is 0 Å². The Kier molecular flexibility index (Phi) is 5.42. The van der Waals surface area contributed by atoms with Crippen molar-refractivity contribution >= 4 is 22.9 Å². The molecule has 0 saturated heterocycles. The van der Waals surface area contributed by atoms with Crippen molar-refractivity contribution in [1.29, 1.82) is 0 Å². The molecule has 0 saturated carbocycles. The van der Waals surface area contributed by atoms with Gasteiger partial charge in [-0.1, -0.05) is 60.3 Å². The lowest BCUT2D eigenvalue weighted by Gasteiger charge is -2.19. The molecule has 0 fully saturated rings. The van der Waals surface area contributed by atoms with Crippen molar-refractivity contribution in [3.8, 4) is 0 Å². The molecule has 0 aromatic heterocycles. The van der Waals surface area contributed by atoms with Gasteiger partial charge in [-0.05, 0) is 85.8 Å². The molecule has 0 unspecified atom stereocenters. The van der Waals surface area contributed by atoms with Crippen LogP contribution in [-0.4, -0.2) is 0 Å². The lowest BCUT2D eigenvalue weighted by molar-refractivity contribution is 0.740. The molecule has 2 aliphatic rings. The minimum atomic E-state index is 1.23. The van der Waals surface area contributed by atoms with Crippen LogP contribution in [0.1, 0.15) is 62.5 Å². The van der Waals surface area contributed by atoms with Crippen LogP contribution in [0.4, 0.5) is 0 Å². The molecule has 0 amide bonds. The van der Waals surface area contributed by atoms with E-state index in [9.17, 15) is 0 Å². The van der Waals surface area contributed by atoms with Crippen LogP contribution in [0.2, 0.25) is 0 Å². The van der Waals surface area contributed by atoms with Crippen LogP contribution in [0.5, 0.6) is 0 Å². The Bertz CT molecular complexity index is 730. The molecule has 0 bridgehead atoms. The van der Waals surface area contributed by atoms with E-state index in [1.807, 2.05) is 11.8 Å². The fraction of sp³-hybridized carbons (Fsp3) is 0.333. The van der Waals surface area contributed by atoms with E-state index in [-0.39, 0.29) is 0 Å². The summed E-state index contributed by atoms with van der Waals surface area (Å²) in [4.78, 5) is 2.80. The molecule has 0 radical (unpaired) electrons. The van der Waals surface area contributed by atoms with Crippen molar-refractivity contribution in [2.45, 2.75) is 61.2 Å². The molecule has 1 heteroatoms. The summed E-state index contributed by atoms with van der Waals surface area (Å²) in [6, 6.07) is 17.9. The summed E-state index contributed by atoms with van der Waals surface area (Å²) in [7, 11) is 0. The van der Waals surface area contributed by atoms with E-state index in [4.69, 9.17) is 0 Å². The fourth-order valence-corrected chi connectivity index (χ4v) is 5.07. The lowest BCUT2D eigenvalue weighted by atomic mass is 9.93. The highest BCUT2D eigenvalue weighted by Crippen LogP contribution is 2.41. The van der Waals surface area contributed by atoms with Crippen molar-refractivity contribution < 1.29 is 0 Å². The first-order chi connectivity index (χ1) is 12.4. The summed E-state index contributed by atoms with van der Waals surface area (Å²) >= 11 is 1.95. The van der Waals surface area contributed by atoms with Gasteiger partial charge in [0.05, 0.1) is 0 Å². The second-order valence-corrected chi connectivity index (χ2v) is 8.13. The van der Waals surface area contributed by atoms with E-state index >= 15 is 0 Å². The Hall–Kier alpha value is -1.73. The molecule has 0 heterocycles. The highest BCUT2D eigenvalue weighted by atomic mass is 32.2. The standard InChI is InChI=1S/C24H26S/c1-3-11-19(12-4-1)21-15-7-9-17-23(21)25-24-18-10-8-16-22(24)20-13-5-2-6-14-20/h7-11,13,15-18H,1-6,12,14H2. The van der Waals surface area contributed by atoms with Gasteiger partial charge in [0.15, 0.2) is 0 Å². The molecule has 2 aromatic carbocycles. The van der Waals surface area contributed by atoms with E-state index in [2.05, 4.69) is 60.7 Å². The summed E-state index contributed by atoms with van der Waals surface area (Å²) in [6.07, 6.45) is 15.2. The predicted octanol–water partition coefficient (Wildman–Crippen LogP) is 7.75. The first kappa shape index (κ1) is 16.7. The summed E-state index contributed by atoms with van der Waals surface area (Å²) in [6.45, 7) is 0. The third-order valence-electron chi connectivity index (χ3n) is 5.27. The zero-order valence-electron chi connectivity index (χ0n) is 14.8. The van der Waals surface area contributed by atoms with Gasteiger partial charge in [-0.25, -0.2) is 0 Å². The zero-order valence-corrected chi connectivity index (χ0v) is 15.7. The first-order valence-corrected chi connectivity index (χ1v) is 10.5. The van der Waals surface area contributed by atoms with Gasteiger partial charge < -0.3 is 0 Å². The van der Waals surface area contributed by atoms with Crippen molar-refractivity contribution in [2.24, 2.45) is 0 Å². The van der Waals surface area contributed by atoms with Gasteiger partial charge in [-0.2, -0.15) is 0 Å². The van der Waals surface area contributed by atoms with Crippen LogP contribution in [0.15, 0.2) is 70.5 Å². The van der Waals surface area contributed by atoms with E-state index in [1.54, 1.807) is 11.1 Å². The maximum absolute atomic E-state index is 2.46. The Morgan fingerprint density at radius 3 is 1.48 bits per heavy atom. The summed E-state index contributed by atoms with van der Waals surface area (Å²) in [5.41, 5.74) is 5.98. The number of rotatable bonds is 4. The normalized spacial score (nSPS) is 17.8. The van der Waals surface area contributed by atoms with Crippen LogP contribution >= 0.6 is 11.8 Å². The number of hydrogen-bond donors (Lipinski definition) is 0. The maximum Gasteiger partial charge on any atom is 0.0197 e. The van der Waals surface area contributed by atoms with Crippen LogP contribution in [-0.2, 0) is 0 Å². The van der Waals surface area contributed by atoms with E-state index < -0.39 is 0 Å². The third kappa shape index (κ3) is 3.93. The van der Waals surface area contributed by atoms with Crippen LogP contribution in [0.25, 0.3) is 11.1 Å². The molecule has 4 rings (SSSR count). The monoisotopic (exact) mass is 346 g/mol. The molecule has 0 N–H and O–H groups in total. The highest BCUT2D eigenvalue weighted by Gasteiger charge is 2.15. The van der Waals surface area contributed by atoms with Gasteiger partial charge in [0.2, 0.25) is 0 Å². The first-order valence-electron chi connectivity index (χ1n) is 9.66. The Morgan fingerprint density at radius 2 is 1.04 bits per heavy atom. The lowest BCUT2D eigenvalue weighted by Crippen LogP contribution is -1.96. The van der Waals surface area contributed by atoms with Crippen molar-refractivity contribution in [1.82, 2.24) is 0 Å². The van der Waals surface area contributed by atoms with Crippen molar-refractivity contribution in [3.63, 3.8) is 0 Å². The van der Waals surface area contributed by atoms with E-state index in [0.29, 0.717) is 0 Å². The number of hydrogen-bond acceptors (Lipinski definition) is 1. The number of benzene rings is 2. The van der Waals surface area contributed by atoms with E-state index in [0.717, 1.165) is 0 Å².